The van der Waals surface area contributed by atoms with Crippen molar-refractivity contribution in [1.82, 2.24) is 4.98 Å². The van der Waals surface area contributed by atoms with Crippen molar-refractivity contribution >= 4 is 16.5 Å². The van der Waals surface area contributed by atoms with E-state index in [1.54, 1.807) is 13.3 Å². The third-order valence-electron chi connectivity index (χ3n) is 2.47. The Hall–Kier alpha value is -1.95. The molecule has 0 bridgehead atoms. The van der Waals surface area contributed by atoms with Crippen LogP contribution in [0.2, 0.25) is 0 Å². The van der Waals surface area contributed by atoms with E-state index in [4.69, 9.17) is 19.9 Å². The molecule has 88 valence electrons. The normalized spacial score (nSPS) is 12.8. The first-order valence-electron chi connectivity index (χ1n) is 4.97. The van der Waals surface area contributed by atoms with Gasteiger partial charge < -0.3 is 19.9 Å². The summed E-state index contributed by atoms with van der Waals surface area (Å²) in [6, 6.07) is 3.79. The Balaban J connectivity index is 2.12. The molecule has 0 aliphatic carbocycles. The first-order chi connectivity index (χ1) is 8.28. The Kier molecular flexibility index (Phi) is 2.29. The molecule has 1 aromatic carbocycles. The molecule has 2 N–H and O–H groups in total. The molecule has 0 unspecified atom stereocenters. The fourth-order valence-electron chi connectivity index (χ4n) is 1.69. The lowest BCUT2D eigenvalue weighted by molar-refractivity contribution is 0.171. The van der Waals surface area contributed by atoms with Gasteiger partial charge in [0.05, 0.1) is 12.0 Å². The predicted octanol–water partition coefficient (Wildman–Crippen LogP) is 2.13. The van der Waals surface area contributed by atoms with E-state index in [0.717, 1.165) is 10.4 Å². The van der Waals surface area contributed by atoms with Crippen molar-refractivity contribution in [2.24, 2.45) is 0 Å². The number of ether oxygens (including phenoxy) is 3. The van der Waals surface area contributed by atoms with Gasteiger partial charge in [-0.05, 0) is 12.1 Å². The van der Waals surface area contributed by atoms with Crippen LogP contribution in [0.5, 0.6) is 17.2 Å². The second-order valence-corrected chi connectivity index (χ2v) is 4.54. The summed E-state index contributed by atoms with van der Waals surface area (Å²) in [5.74, 6) is 1.99. The number of fused-ring (bicyclic) bond motifs is 1. The van der Waals surface area contributed by atoms with Crippen LogP contribution in [0.4, 0.5) is 5.13 Å². The van der Waals surface area contributed by atoms with Crippen molar-refractivity contribution < 1.29 is 14.2 Å². The molecule has 2 aromatic rings. The topological polar surface area (TPSA) is 66.6 Å². The molecule has 6 heteroatoms. The predicted molar refractivity (Wildman–Crippen MR) is 64.6 cm³/mol. The molecule has 0 fully saturated rings. The number of nitrogens with zero attached hydrogens (tertiary/aromatic N) is 1. The standard InChI is InChI=1S/C11H10N2O3S/c1-14-7-2-6(9-4-13-11(12)17-9)3-8-10(7)16-5-15-8/h2-4H,5H2,1H3,(H2,12,13). The number of methoxy groups -OCH3 is 1. The van der Waals surface area contributed by atoms with E-state index < -0.39 is 0 Å². The van der Waals surface area contributed by atoms with E-state index in [1.165, 1.54) is 11.3 Å². The number of anilines is 1. The number of thiazole rings is 1. The van der Waals surface area contributed by atoms with E-state index in [1.807, 2.05) is 12.1 Å². The van der Waals surface area contributed by atoms with Crippen LogP contribution in [0.15, 0.2) is 18.3 Å². The SMILES string of the molecule is COc1cc(-c2cnc(N)s2)cc2c1OCO2. The Morgan fingerprint density at radius 3 is 3.00 bits per heavy atom. The molecular weight excluding hydrogens is 240 g/mol. The highest BCUT2D eigenvalue weighted by Gasteiger charge is 2.21. The monoisotopic (exact) mass is 250 g/mol. The largest absolute Gasteiger partial charge is 0.493 e. The fourth-order valence-corrected chi connectivity index (χ4v) is 2.36. The number of nitrogens with two attached hydrogens (primary N) is 1. The lowest BCUT2D eigenvalue weighted by atomic mass is 10.1. The quantitative estimate of drug-likeness (QED) is 0.884. The first-order valence-corrected chi connectivity index (χ1v) is 5.79. The Labute approximate surface area is 102 Å². The molecule has 0 saturated heterocycles. The third-order valence-corrected chi connectivity index (χ3v) is 3.34. The van der Waals surface area contributed by atoms with Crippen LogP contribution in [-0.4, -0.2) is 18.9 Å². The summed E-state index contributed by atoms with van der Waals surface area (Å²) in [6.07, 6.45) is 1.73. The molecule has 1 aromatic heterocycles. The fraction of sp³-hybridized carbons (Fsp3) is 0.182. The number of hydrogen-bond donors (Lipinski definition) is 1. The van der Waals surface area contributed by atoms with E-state index in [9.17, 15) is 0 Å². The average Bonchev–Trinajstić information content (AvgIpc) is 2.95. The lowest BCUT2D eigenvalue weighted by Gasteiger charge is -2.06. The second kappa shape index (κ2) is 3.81. The van der Waals surface area contributed by atoms with Gasteiger partial charge in [0, 0.05) is 11.8 Å². The molecule has 2 heterocycles. The van der Waals surface area contributed by atoms with Gasteiger partial charge >= 0.3 is 0 Å². The zero-order chi connectivity index (χ0) is 11.8. The highest BCUT2D eigenvalue weighted by Crippen LogP contribution is 2.45. The molecule has 0 saturated carbocycles. The molecule has 0 amide bonds. The number of aromatic nitrogens is 1. The Bertz CT molecular complexity index is 568. The maximum atomic E-state index is 5.62. The number of nitrogen functional groups attached to an aromatic ring is 1. The van der Waals surface area contributed by atoms with Gasteiger partial charge in [-0.3, -0.25) is 0 Å². The minimum absolute atomic E-state index is 0.222. The van der Waals surface area contributed by atoms with Gasteiger partial charge in [0.25, 0.3) is 0 Å². The molecule has 1 aliphatic rings. The van der Waals surface area contributed by atoms with Gasteiger partial charge in [-0.2, -0.15) is 0 Å². The maximum absolute atomic E-state index is 5.62. The number of hydrogen-bond acceptors (Lipinski definition) is 6. The number of benzene rings is 1. The van der Waals surface area contributed by atoms with Crippen LogP contribution in [0.3, 0.4) is 0 Å². The van der Waals surface area contributed by atoms with E-state index >= 15 is 0 Å². The second-order valence-electron chi connectivity index (χ2n) is 3.48. The van der Waals surface area contributed by atoms with Crippen LogP contribution in [0, 0.1) is 0 Å². The van der Waals surface area contributed by atoms with E-state index in [0.29, 0.717) is 22.4 Å². The van der Waals surface area contributed by atoms with Gasteiger partial charge in [-0.1, -0.05) is 11.3 Å². The smallest absolute Gasteiger partial charge is 0.231 e. The summed E-state index contributed by atoms with van der Waals surface area (Å²) >= 11 is 1.42. The maximum Gasteiger partial charge on any atom is 0.231 e. The molecule has 0 radical (unpaired) electrons. The van der Waals surface area contributed by atoms with Crippen LogP contribution in [0.1, 0.15) is 0 Å². The summed E-state index contributed by atoms with van der Waals surface area (Å²) in [4.78, 5) is 5.00. The average molecular weight is 250 g/mol. The lowest BCUT2D eigenvalue weighted by Crippen LogP contribution is -1.93. The van der Waals surface area contributed by atoms with Crippen molar-refractivity contribution in [2.75, 3.05) is 19.6 Å². The summed E-state index contributed by atoms with van der Waals surface area (Å²) in [5, 5.41) is 0.539. The zero-order valence-corrected chi connectivity index (χ0v) is 9.91. The highest BCUT2D eigenvalue weighted by atomic mass is 32.1. The molecule has 1 aliphatic heterocycles. The van der Waals surface area contributed by atoms with Gasteiger partial charge in [0.15, 0.2) is 16.6 Å². The summed E-state index contributed by atoms with van der Waals surface area (Å²) < 4.78 is 16.0. The van der Waals surface area contributed by atoms with E-state index in [2.05, 4.69) is 4.98 Å². The van der Waals surface area contributed by atoms with Crippen LogP contribution in [-0.2, 0) is 0 Å². The molecule has 17 heavy (non-hydrogen) atoms. The van der Waals surface area contributed by atoms with Crippen molar-refractivity contribution in [1.29, 1.82) is 0 Å². The summed E-state index contributed by atoms with van der Waals surface area (Å²) in [6.45, 7) is 0.222. The van der Waals surface area contributed by atoms with Crippen molar-refractivity contribution in [3.8, 4) is 27.7 Å². The van der Waals surface area contributed by atoms with Gasteiger partial charge in [-0.15, -0.1) is 0 Å². The Morgan fingerprint density at radius 1 is 1.41 bits per heavy atom. The molecular formula is C11H10N2O3S. The van der Waals surface area contributed by atoms with Crippen LogP contribution in [0.25, 0.3) is 10.4 Å². The van der Waals surface area contributed by atoms with Crippen LogP contribution >= 0.6 is 11.3 Å². The van der Waals surface area contributed by atoms with Crippen molar-refractivity contribution in [3.63, 3.8) is 0 Å². The highest BCUT2D eigenvalue weighted by molar-refractivity contribution is 7.18. The minimum Gasteiger partial charge on any atom is -0.493 e. The molecule has 0 spiro atoms. The molecule has 0 atom stereocenters. The molecule has 3 rings (SSSR count). The minimum atomic E-state index is 0.222. The molecule has 5 nitrogen and oxygen atoms in total. The van der Waals surface area contributed by atoms with E-state index in [-0.39, 0.29) is 6.79 Å². The summed E-state index contributed by atoms with van der Waals surface area (Å²) in [5.41, 5.74) is 6.58. The third kappa shape index (κ3) is 1.66. The van der Waals surface area contributed by atoms with Gasteiger partial charge in [0.1, 0.15) is 0 Å². The Morgan fingerprint density at radius 2 is 2.29 bits per heavy atom. The van der Waals surface area contributed by atoms with Crippen molar-refractivity contribution in [3.05, 3.63) is 18.3 Å². The van der Waals surface area contributed by atoms with Crippen molar-refractivity contribution in [2.45, 2.75) is 0 Å². The van der Waals surface area contributed by atoms with Crippen LogP contribution < -0.4 is 19.9 Å². The first kappa shape index (κ1) is 10.2. The van der Waals surface area contributed by atoms with Gasteiger partial charge in [0.2, 0.25) is 12.5 Å². The van der Waals surface area contributed by atoms with Gasteiger partial charge in [-0.25, -0.2) is 4.98 Å². The number of rotatable bonds is 2. The summed E-state index contributed by atoms with van der Waals surface area (Å²) in [7, 11) is 1.60. The zero-order valence-electron chi connectivity index (χ0n) is 9.10.